The third-order valence-corrected chi connectivity index (χ3v) is 3.54. The third-order valence-electron chi connectivity index (χ3n) is 3.28. The van der Waals surface area contributed by atoms with E-state index in [-0.39, 0.29) is 28.9 Å². The van der Waals surface area contributed by atoms with Crippen molar-refractivity contribution in [1.29, 1.82) is 0 Å². The molecule has 0 aliphatic carbocycles. The van der Waals surface area contributed by atoms with Gasteiger partial charge in [0.2, 0.25) is 0 Å². The number of hydrogen-bond donors (Lipinski definition) is 1. The highest BCUT2D eigenvalue weighted by atomic mass is 35.5. The number of carbonyl (C=O) groups is 1. The van der Waals surface area contributed by atoms with Gasteiger partial charge in [0.15, 0.2) is 22.4 Å². The second-order valence-electron chi connectivity index (χ2n) is 4.81. The zero-order chi connectivity index (χ0) is 15.9. The van der Waals surface area contributed by atoms with E-state index in [2.05, 4.69) is 15.4 Å². The Labute approximate surface area is 128 Å². The molecule has 11 heteroatoms. The van der Waals surface area contributed by atoms with Crippen LogP contribution in [0.1, 0.15) is 26.0 Å². The standard InChI is InChI=1S/C11H12ClN5O5/c1-5(18)21-4-6-2-3-7(22-6)16-11(19)9-8(13-15-16)10(12)14-17(9)20/h6-7,20H,2-4H2,1H3. The Morgan fingerprint density at radius 3 is 3.05 bits per heavy atom. The maximum absolute atomic E-state index is 12.3. The molecule has 2 unspecified atom stereocenters. The van der Waals surface area contributed by atoms with Crippen molar-refractivity contribution in [2.45, 2.75) is 32.1 Å². The van der Waals surface area contributed by atoms with E-state index in [9.17, 15) is 14.8 Å². The number of ether oxygens (including phenoxy) is 2. The van der Waals surface area contributed by atoms with Gasteiger partial charge < -0.3 is 14.7 Å². The van der Waals surface area contributed by atoms with Gasteiger partial charge in [0, 0.05) is 6.92 Å². The van der Waals surface area contributed by atoms with Gasteiger partial charge in [-0.25, -0.2) is 0 Å². The lowest BCUT2D eigenvalue weighted by Gasteiger charge is -2.14. The lowest BCUT2D eigenvalue weighted by Crippen LogP contribution is -2.30. The Kier molecular flexibility index (Phi) is 3.71. The molecule has 0 saturated carbocycles. The van der Waals surface area contributed by atoms with Crippen molar-refractivity contribution in [2.75, 3.05) is 6.61 Å². The van der Waals surface area contributed by atoms with E-state index in [1.807, 2.05) is 0 Å². The summed E-state index contributed by atoms with van der Waals surface area (Å²) in [5, 5.41) is 20.5. The summed E-state index contributed by atoms with van der Waals surface area (Å²) in [4.78, 5) is 23.5. The molecule has 2 atom stereocenters. The maximum Gasteiger partial charge on any atom is 0.302 e. The van der Waals surface area contributed by atoms with E-state index in [1.54, 1.807) is 0 Å². The molecule has 10 nitrogen and oxygen atoms in total. The van der Waals surface area contributed by atoms with Crippen LogP contribution in [0, 0.1) is 0 Å². The van der Waals surface area contributed by atoms with Crippen molar-refractivity contribution in [3.63, 3.8) is 0 Å². The number of aromatic nitrogens is 5. The molecule has 0 spiro atoms. The Hall–Kier alpha value is -2.20. The number of esters is 1. The van der Waals surface area contributed by atoms with Crippen molar-refractivity contribution in [1.82, 2.24) is 24.9 Å². The topological polar surface area (TPSA) is 121 Å². The predicted octanol–water partition coefficient (Wildman–Crippen LogP) is 0.119. The van der Waals surface area contributed by atoms with Crippen molar-refractivity contribution in [3.05, 3.63) is 15.5 Å². The molecule has 0 aromatic carbocycles. The van der Waals surface area contributed by atoms with Gasteiger partial charge in [0.25, 0.3) is 0 Å². The number of hydrogen-bond acceptors (Lipinski definition) is 8. The molecule has 0 bridgehead atoms. The number of halogens is 1. The van der Waals surface area contributed by atoms with Gasteiger partial charge in [0.1, 0.15) is 6.61 Å². The molecule has 1 saturated heterocycles. The molecule has 0 amide bonds. The fourth-order valence-corrected chi connectivity index (χ4v) is 2.48. The largest absolute Gasteiger partial charge is 0.463 e. The summed E-state index contributed by atoms with van der Waals surface area (Å²) < 4.78 is 11.5. The van der Waals surface area contributed by atoms with Crippen molar-refractivity contribution in [2.24, 2.45) is 0 Å². The molecule has 3 rings (SSSR count). The fourth-order valence-electron chi connectivity index (χ4n) is 2.28. The average Bonchev–Trinajstić information content (AvgIpc) is 3.03. The van der Waals surface area contributed by atoms with E-state index >= 15 is 0 Å². The molecule has 3 heterocycles. The number of nitrogens with zero attached hydrogens (tertiary/aromatic N) is 5. The van der Waals surface area contributed by atoms with E-state index < -0.39 is 17.8 Å². The van der Waals surface area contributed by atoms with Gasteiger partial charge in [0.05, 0.1) is 6.10 Å². The highest BCUT2D eigenvalue weighted by molar-refractivity contribution is 6.33. The van der Waals surface area contributed by atoms with Crippen molar-refractivity contribution < 1.29 is 19.5 Å². The molecule has 1 N–H and O–H groups in total. The molecule has 2 aromatic rings. The van der Waals surface area contributed by atoms with Crippen LogP contribution in [0.4, 0.5) is 0 Å². The molecule has 1 aliphatic heterocycles. The van der Waals surface area contributed by atoms with Crippen LogP contribution in [-0.4, -0.2) is 48.8 Å². The highest BCUT2D eigenvalue weighted by Gasteiger charge is 2.30. The molecule has 2 aromatic heterocycles. The molecule has 1 aliphatic rings. The molecular weight excluding hydrogens is 318 g/mol. The minimum atomic E-state index is -0.654. The maximum atomic E-state index is 12.3. The van der Waals surface area contributed by atoms with Crippen LogP contribution in [0.25, 0.3) is 11.0 Å². The number of rotatable bonds is 3. The van der Waals surface area contributed by atoms with Gasteiger partial charge in [-0.15, -0.1) is 10.2 Å². The molecular formula is C11H12ClN5O5. The summed E-state index contributed by atoms with van der Waals surface area (Å²) in [6.45, 7) is 1.42. The minimum absolute atomic E-state index is 0.0138. The fraction of sp³-hybridized carbons (Fsp3) is 0.545. The summed E-state index contributed by atoms with van der Waals surface area (Å²) in [7, 11) is 0. The minimum Gasteiger partial charge on any atom is -0.463 e. The molecule has 22 heavy (non-hydrogen) atoms. The summed E-state index contributed by atoms with van der Waals surface area (Å²) in [6, 6.07) is 0. The van der Waals surface area contributed by atoms with Crippen LogP contribution in [0.5, 0.6) is 0 Å². The number of carbonyl (C=O) groups excluding carboxylic acids is 1. The Bertz CT molecular complexity index is 787. The van der Waals surface area contributed by atoms with E-state index in [4.69, 9.17) is 21.1 Å². The van der Waals surface area contributed by atoms with Gasteiger partial charge in [-0.1, -0.05) is 21.7 Å². The van der Waals surface area contributed by atoms with Crippen molar-refractivity contribution >= 4 is 28.6 Å². The lowest BCUT2D eigenvalue weighted by molar-refractivity contribution is -0.145. The summed E-state index contributed by atoms with van der Waals surface area (Å²) in [5.41, 5.74) is -0.781. The van der Waals surface area contributed by atoms with E-state index in [1.165, 1.54) is 6.92 Å². The van der Waals surface area contributed by atoms with Crippen LogP contribution in [0.15, 0.2) is 4.79 Å². The second kappa shape index (κ2) is 5.54. The van der Waals surface area contributed by atoms with Crippen LogP contribution >= 0.6 is 11.6 Å². The van der Waals surface area contributed by atoms with Crippen LogP contribution in [-0.2, 0) is 14.3 Å². The first-order chi connectivity index (χ1) is 10.5. The predicted molar refractivity (Wildman–Crippen MR) is 71.6 cm³/mol. The summed E-state index contributed by atoms with van der Waals surface area (Å²) >= 11 is 5.73. The first-order valence-electron chi connectivity index (χ1n) is 6.49. The Morgan fingerprint density at radius 1 is 1.55 bits per heavy atom. The lowest BCUT2D eigenvalue weighted by atomic mass is 10.2. The monoisotopic (exact) mass is 329 g/mol. The zero-order valence-corrected chi connectivity index (χ0v) is 12.2. The van der Waals surface area contributed by atoms with E-state index in [0.29, 0.717) is 17.7 Å². The Morgan fingerprint density at radius 2 is 2.32 bits per heavy atom. The number of fused-ring (bicyclic) bond motifs is 1. The van der Waals surface area contributed by atoms with Gasteiger partial charge in [-0.3, -0.25) is 9.59 Å². The van der Waals surface area contributed by atoms with Gasteiger partial charge >= 0.3 is 11.5 Å². The zero-order valence-electron chi connectivity index (χ0n) is 11.5. The normalized spacial score (nSPS) is 21.4. The quantitative estimate of drug-likeness (QED) is 0.622. The second-order valence-corrected chi connectivity index (χ2v) is 5.17. The highest BCUT2D eigenvalue weighted by Crippen LogP contribution is 2.27. The molecule has 1 fully saturated rings. The SMILES string of the molecule is CC(=O)OCC1CCC(n2nnc3c(Cl)nn(O)c3c2=O)O1. The van der Waals surface area contributed by atoms with Gasteiger partial charge in [-0.05, 0) is 12.8 Å². The molecule has 118 valence electrons. The van der Waals surface area contributed by atoms with Crippen molar-refractivity contribution in [3.8, 4) is 0 Å². The van der Waals surface area contributed by atoms with Crippen LogP contribution in [0.3, 0.4) is 0 Å². The summed E-state index contributed by atoms with van der Waals surface area (Å²) in [6.07, 6.45) is 0.127. The summed E-state index contributed by atoms with van der Waals surface area (Å²) in [5.74, 6) is -0.399. The van der Waals surface area contributed by atoms with Crippen LogP contribution in [0.2, 0.25) is 5.15 Å². The first kappa shape index (κ1) is 14.7. The van der Waals surface area contributed by atoms with Crippen LogP contribution < -0.4 is 5.56 Å². The van der Waals surface area contributed by atoms with E-state index in [0.717, 1.165) is 4.68 Å². The average molecular weight is 330 g/mol. The molecule has 0 radical (unpaired) electrons. The van der Waals surface area contributed by atoms with Gasteiger partial charge in [-0.2, -0.15) is 4.68 Å². The Balaban J connectivity index is 1.86. The smallest absolute Gasteiger partial charge is 0.302 e. The first-order valence-corrected chi connectivity index (χ1v) is 6.87. The third kappa shape index (κ3) is 2.50.